The molecular weight excluding hydrogens is 411 g/mol. The van der Waals surface area contributed by atoms with Crippen LogP contribution in [0.15, 0.2) is 35.5 Å². The fourth-order valence-corrected chi connectivity index (χ4v) is 4.46. The number of fused-ring (bicyclic) bond motifs is 3. The molecule has 4 heterocycles. The SMILES string of the molecule is Cc1cc(Nc2ncc3c(=O)[nH]n4ccnc4c3n2)cc(F)c1N1CCC(N(C)C)CC1. The van der Waals surface area contributed by atoms with Gasteiger partial charge in [-0.25, -0.2) is 23.9 Å². The van der Waals surface area contributed by atoms with Gasteiger partial charge in [0.2, 0.25) is 5.95 Å². The number of imidazole rings is 1. The van der Waals surface area contributed by atoms with Gasteiger partial charge in [-0.3, -0.25) is 9.89 Å². The Labute approximate surface area is 183 Å². The number of nitrogens with one attached hydrogen (secondary N) is 2. The third kappa shape index (κ3) is 3.56. The van der Waals surface area contributed by atoms with Crippen LogP contribution in [0.3, 0.4) is 0 Å². The van der Waals surface area contributed by atoms with Crippen molar-refractivity contribution in [3.05, 3.63) is 52.5 Å². The number of nitrogens with zero attached hydrogens (tertiary/aromatic N) is 6. The van der Waals surface area contributed by atoms with Crippen LogP contribution in [-0.2, 0) is 0 Å². The van der Waals surface area contributed by atoms with Gasteiger partial charge in [-0.05, 0) is 51.6 Å². The second kappa shape index (κ2) is 7.86. The number of hydrogen-bond acceptors (Lipinski definition) is 7. The number of aryl methyl sites for hydroxylation is 1. The monoisotopic (exact) mass is 436 g/mol. The average Bonchev–Trinajstić information content (AvgIpc) is 3.22. The van der Waals surface area contributed by atoms with Crippen LogP contribution in [0.1, 0.15) is 18.4 Å². The van der Waals surface area contributed by atoms with Crippen molar-refractivity contribution in [2.24, 2.45) is 0 Å². The number of piperidine rings is 1. The van der Waals surface area contributed by atoms with Crippen molar-refractivity contribution >= 4 is 33.9 Å². The minimum atomic E-state index is -0.304. The highest BCUT2D eigenvalue weighted by atomic mass is 19.1. The van der Waals surface area contributed by atoms with Gasteiger partial charge in [-0.1, -0.05) is 0 Å². The molecule has 166 valence electrons. The van der Waals surface area contributed by atoms with Gasteiger partial charge in [-0.15, -0.1) is 0 Å². The molecule has 0 aliphatic carbocycles. The molecule has 0 atom stereocenters. The molecule has 0 saturated carbocycles. The molecule has 0 radical (unpaired) electrons. The maximum atomic E-state index is 15.1. The predicted molar refractivity (Wildman–Crippen MR) is 122 cm³/mol. The number of anilines is 3. The Kier molecular flexibility index (Phi) is 5.01. The van der Waals surface area contributed by atoms with E-state index in [1.54, 1.807) is 12.4 Å². The van der Waals surface area contributed by atoms with E-state index in [1.165, 1.54) is 16.8 Å². The van der Waals surface area contributed by atoms with Gasteiger partial charge in [0.05, 0.1) is 11.1 Å². The molecule has 1 aromatic carbocycles. The molecule has 0 unspecified atom stereocenters. The number of hydrogen-bond donors (Lipinski definition) is 2. The molecule has 5 rings (SSSR count). The Bertz CT molecular complexity index is 1330. The van der Waals surface area contributed by atoms with E-state index in [0.29, 0.717) is 34.0 Å². The van der Waals surface area contributed by atoms with E-state index >= 15 is 4.39 Å². The summed E-state index contributed by atoms with van der Waals surface area (Å²) in [5, 5.41) is 6.09. The molecule has 1 fully saturated rings. The van der Waals surface area contributed by atoms with Crippen LogP contribution in [0.5, 0.6) is 0 Å². The third-order valence-electron chi connectivity index (χ3n) is 6.13. The zero-order valence-corrected chi connectivity index (χ0v) is 18.3. The molecule has 0 bridgehead atoms. The highest BCUT2D eigenvalue weighted by Crippen LogP contribution is 2.31. The standard InChI is InChI=1S/C22H25FN8O/c1-13-10-14(11-17(23)19(13)30-7-4-15(5-8-30)29(2)3)26-22-25-12-16-18(27-22)20-24-6-9-31(20)28-21(16)32/h6,9-12,15H,4-5,7-8H2,1-3H3,(H,28,32)(H,25,26,27). The maximum absolute atomic E-state index is 15.1. The Balaban J connectivity index is 1.43. The van der Waals surface area contributed by atoms with E-state index < -0.39 is 0 Å². The third-order valence-corrected chi connectivity index (χ3v) is 6.13. The Morgan fingerprint density at radius 3 is 2.72 bits per heavy atom. The molecule has 9 nitrogen and oxygen atoms in total. The lowest BCUT2D eigenvalue weighted by Crippen LogP contribution is -2.42. The molecule has 1 saturated heterocycles. The fraction of sp³-hybridized carbons (Fsp3) is 0.364. The summed E-state index contributed by atoms with van der Waals surface area (Å²) in [5.41, 5.74) is 2.69. The molecule has 1 aliphatic rings. The lowest BCUT2D eigenvalue weighted by molar-refractivity contribution is 0.249. The van der Waals surface area contributed by atoms with Crippen LogP contribution in [-0.4, -0.2) is 62.7 Å². The Morgan fingerprint density at radius 2 is 2.00 bits per heavy atom. The van der Waals surface area contributed by atoms with E-state index in [-0.39, 0.29) is 17.3 Å². The van der Waals surface area contributed by atoms with Crippen molar-refractivity contribution in [1.82, 2.24) is 29.5 Å². The molecule has 3 aromatic heterocycles. The van der Waals surface area contributed by atoms with Gasteiger partial charge in [0.1, 0.15) is 11.3 Å². The van der Waals surface area contributed by atoms with E-state index in [1.807, 2.05) is 13.0 Å². The van der Waals surface area contributed by atoms with Gasteiger partial charge in [0.25, 0.3) is 5.56 Å². The largest absolute Gasteiger partial charge is 0.369 e. The van der Waals surface area contributed by atoms with Crippen LogP contribution in [0.25, 0.3) is 16.6 Å². The number of H-pyrrole nitrogens is 1. The topological polar surface area (TPSA) is 94.4 Å². The number of halogens is 1. The molecule has 10 heteroatoms. The fourth-order valence-electron chi connectivity index (χ4n) is 4.46. The van der Waals surface area contributed by atoms with Crippen molar-refractivity contribution < 1.29 is 4.39 Å². The van der Waals surface area contributed by atoms with Gasteiger partial charge < -0.3 is 15.1 Å². The highest BCUT2D eigenvalue weighted by molar-refractivity contribution is 5.89. The molecular formula is C22H25FN8O. The first kappa shape index (κ1) is 20.4. The molecule has 1 aliphatic heterocycles. The number of aromatic amines is 1. The zero-order valence-electron chi connectivity index (χ0n) is 18.3. The van der Waals surface area contributed by atoms with Gasteiger partial charge in [0, 0.05) is 43.4 Å². The Hall–Kier alpha value is -3.53. The first-order valence-corrected chi connectivity index (χ1v) is 10.6. The summed E-state index contributed by atoms with van der Waals surface area (Å²) in [6.45, 7) is 3.57. The van der Waals surface area contributed by atoms with Crippen molar-refractivity contribution in [2.45, 2.75) is 25.8 Å². The summed E-state index contributed by atoms with van der Waals surface area (Å²) in [4.78, 5) is 29.5. The van der Waals surface area contributed by atoms with E-state index in [9.17, 15) is 4.79 Å². The molecule has 32 heavy (non-hydrogen) atoms. The minimum absolute atomic E-state index is 0.270. The summed E-state index contributed by atoms with van der Waals surface area (Å²) < 4.78 is 16.6. The maximum Gasteiger partial charge on any atom is 0.274 e. The summed E-state index contributed by atoms with van der Waals surface area (Å²) in [6.07, 6.45) is 6.70. The molecule has 0 spiro atoms. The van der Waals surface area contributed by atoms with Crippen LogP contribution < -0.4 is 15.8 Å². The number of benzene rings is 1. The van der Waals surface area contributed by atoms with Crippen molar-refractivity contribution in [3.8, 4) is 0 Å². The van der Waals surface area contributed by atoms with Crippen LogP contribution >= 0.6 is 0 Å². The lowest BCUT2D eigenvalue weighted by Gasteiger charge is -2.37. The van der Waals surface area contributed by atoms with E-state index in [0.717, 1.165) is 31.5 Å². The number of rotatable bonds is 4. The average molecular weight is 436 g/mol. The minimum Gasteiger partial charge on any atom is -0.369 e. The van der Waals surface area contributed by atoms with E-state index in [4.69, 9.17) is 0 Å². The van der Waals surface area contributed by atoms with Crippen LogP contribution in [0.2, 0.25) is 0 Å². The summed E-state index contributed by atoms with van der Waals surface area (Å²) >= 11 is 0. The van der Waals surface area contributed by atoms with Gasteiger partial charge >= 0.3 is 0 Å². The van der Waals surface area contributed by atoms with Crippen LogP contribution in [0.4, 0.5) is 21.7 Å². The normalized spacial score (nSPS) is 15.2. The molecule has 2 N–H and O–H groups in total. The Morgan fingerprint density at radius 1 is 1.22 bits per heavy atom. The first-order valence-electron chi connectivity index (χ1n) is 10.6. The molecule has 0 amide bonds. The van der Waals surface area contributed by atoms with E-state index in [2.05, 4.69) is 49.3 Å². The first-order chi connectivity index (χ1) is 15.4. The smallest absolute Gasteiger partial charge is 0.274 e. The highest BCUT2D eigenvalue weighted by Gasteiger charge is 2.24. The lowest BCUT2D eigenvalue weighted by atomic mass is 10.0. The summed E-state index contributed by atoms with van der Waals surface area (Å²) in [6, 6.07) is 3.90. The predicted octanol–water partition coefficient (Wildman–Crippen LogP) is 2.69. The van der Waals surface area contributed by atoms with Crippen molar-refractivity contribution in [2.75, 3.05) is 37.4 Å². The van der Waals surface area contributed by atoms with Gasteiger partial charge in [0.15, 0.2) is 5.65 Å². The zero-order chi connectivity index (χ0) is 22.4. The van der Waals surface area contributed by atoms with Crippen molar-refractivity contribution in [1.29, 1.82) is 0 Å². The quantitative estimate of drug-likeness (QED) is 0.508. The summed E-state index contributed by atoms with van der Waals surface area (Å²) in [5.74, 6) is -0.00460. The molecule has 4 aromatic rings. The second-order valence-electron chi connectivity index (χ2n) is 8.45. The summed E-state index contributed by atoms with van der Waals surface area (Å²) in [7, 11) is 4.18. The number of aromatic nitrogens is 5. The van der Waals surface area contributed by atoms with Crippen LogP contribution in [0, 0.1) is 12.7 Å². The van der Waals surface area contributed by atoms with Crippen molar-refractivity contribution in [3.63, 3.8) is 0 Å². The van der Waals surface area contributed by atoms with Gasteiger partial charge in [-0.2, -0.15) is 0 Å². The second-order valence-corrected chi connectivity index (χ2v) is 8.45.